The summed E-state index contributed by atoms with van der Waals surface area (Å²) in [5.41, 5.74) is 1.25. The highest BCUT2D eigenvalue weighted by Crippen LogP contribution is 2.32. The van der Waals surface area contributed by atoms with Gasteiger partial charge in [0.15, 0.2) is 11.5 Å². The second-order valence-corrected chi connectivity index (χ2v) is 3.70. The van der Waals surface area contributed by atoms with Crippen molar-refractivity contribution in [3.8, 4) is 11.5 Å². The predicted molar refractivity (Wildman–Crippen MR) is 55.0 cm³/mol. The molecule has 0 unspecified atom stereocenters. The van der Waals surface area contributed by atoms with Crippen molar-refractivity contribution in [3.63, 3.8) is 0 Å². The first-order valence-electron chi connectivity index (χ1n) is 5.37. The van der Waals surface area contributed by atoms with Crippen LogP contribution >= 0.6 is 0 Å². The highest BCUT2D eigenvalue weighted by Gasteiger charge is 2.12. The summed E-state index contributed by atoms with van der Waals surface area (Å²) < 4.78 is 10.5. The molecule has 0 radical (unpaired) electrons. The van der Waals surface area contributed by atoms with E-state index in [0.717, 1.165) is 37.2 Å². The number of hydrogen-bond donors (Lipinski definition) is 0. The van der Waals surface area contributed by atoms with Gasteiger partial charge in [-0.25, -0.2) is 0 Å². The number of unbranched alkanes of at least 4 members (excludes halogenated alkanes) is 2. The monoisotopic (exact) mass is 207 g/mol. The van der Waals surface area contributed by atoms with Gasteiger partial charge in [-0.3, -0.25) is 0 Å². The van der Waals surface area contributed by atoms with Gasteiger partial charge in [0.2, 0.25) is 6.79 Å². The van der Waals surface area contributed by atoms with Gasteiger partial charge in [-0.05, 0) is 30.5 Å². The Labute approximate surface area is 89.6 Å². The topological polar surface area (TPSA) is 41.5 Å². The number of aryl methyl sites for hydroxylation is 1. The Morgan fingerprint density at radius 1 is 1.07 bits per heavy atom. The molecule has 0 spiro atoms. The third-order valence-electron chi connectivity index (χ3n) is 2.55. The molecule has 0 saturated carbocycles. The van der Waals surface area contributed by atoms with E-state index in [9.17, 15) is 5.11 Å². The highest BCUT2D eigenvalue weighted by molar-refractivity contribution is 5.44. The van der Waals surface area contributed by atoms with Crippen molar-refractivity contribution in [1.29, 1.82) is 0 Å². The number of ether oxygens (including phenoxy) is 2. The van der Waals surface area contributed by atoms with E-state index in [4.69, 9.17) is 9.47 Å². The second-order valence-electron chi connectivity index (χ2n) is 3.70. The van der Waals surface area contributed by atoms with Crippen LogP contribution in [0.3, 0.4) is 0 Å². The van der Waals surface area contributed by atoms with Gasteiger partial charge in [-0.2, -0.15) is 0 Å². The van der Waals surface area contributed by atoms with Gasteiger partial charge in [-0.1, -0.05) is 18.9 Å². The van der Waals surface area contributed by atoms with E-state index >= 15 is 0 Å². The van der Waals surface area contributed by atoms with Crippen LogP contribution < -0.4 is 14.6 Å². The zero-order valence-electron chi connectivity index (χ0n) is 8.70. The summed E-state index contributed by atoms with van der Waals surface area (Å²) in [5.74, 6) is 1.68. The average molecular weight is 207 g/mol. The molecule has 3 nitrogen and oxygen atoms in total. The van der Waals surface area contributed by atoms with Crippen LogP contribution in [-0.4, -0.2) is 13.4 Å². The molecule has 0 aromatic heterocycles. The number of benzene rings is 1. The summed E-state index contributed by atoms with van der Waals surface area (Å²) in [6, 6.07) is 6.04. The lowest BCUT2D eigenvalue weighted by Crippen LogP contribution is -2.04. The summed E-state index contributed by atoms with van der Waals surface area (Å²) in [6.45, 7) is 0.371. The van der Waals surface area contributed by atoms with E-state index in [2.05, 4.69) is 6.07 Å². The molecule has 15 heavy (non-hydrogen) atoms. The van der Waals surface area contributed by atoms with E-state index in [1.165, 1.54) is 5.56 Å². The average Bonchev–Trinajstić information content (AvgIpc) is 2.71. The molecule has 2 rings (SSSR count). The summed E-state index contributed by atoms with van der Waals surface area (Å²) in [7, 11) is 0. The lowest BCUT2D eigenvalue weighted by molar-refractivity contribution is -0.368. The van der Waals surface area contributed by atoms with Gasteiger partial charge in [0, 0.05) is 0 Å². The summed E-state index contributed by atoms with van der Waals surface area (Å²) in [4.78, 5) is 0. The fourth-order valence-corrected chi connectivity index (χ4v) is 1.70. The maximum atomic E-state index is 10.3. The lowest BCUT2D eigenvalue weighted by Gasteiger charge is -2.04. The SMILES string of the molecule is [O-]CCCCCc1ccc2c(c1)OCO2. The zero-order valence-corrected chi connectivity index (χ0v) is 8.70. The van der Waals surface area contributed by atoms with Gasteiger partial charge in [-0.15, -0.1) is 6.61 Å². The largest absolute Gasteiger partial charge is 0.854 e. The third-order valence-corrected chi connectivity index (χ3v) is 2.55. The van der Waals surface area contributed by atoms with E-state index in [1.54, 1.807) is 0 Å². The smallest absolute Gasteiger partial charge is 0.231 e. The van der Waals surface area contributed by atoms with Crippen LogP contribution in [0.5, 0.6) is 11.5 Å². The summed E-state index contributed by atoms with van der Waals surface area (Å²) >= 11 is 0. The van der Waals surface area contributed by atoms with Crippen molar-refractivity contribution in [1.82, 2.24) is 0 Å². The van der Waals surface area contributed by atoms with Crippen LogP contribution in [0.15, 0.2) is 18.2 Å². The van der Waals surface area contributed by atoms with Crippen LogP contribution in [0.2, 0.25) is 0 Å². The Morgan fingerprint density at radius 2 is 1.93 bits per heavy atom. The molecule has 1 aliphatic rings. The lowest BCUT2D eigenvalue weighted by atomic mass is 10.1. The molecule has 1 aromatic carbocycles. The molecule has 0 aliphatic carbocycles. The predicted octanol–water partition coefficient (Wildman–Crippen LogP) is 1.49. The van der Waals surface area contributed by atoms with E-state index in [-0.39, 0.29) is 6.61 Å². The normalized spacial score (nSPS) is 13.1. The Bertz CT molecular complexity index is 323. The third kappa shape index (κ3) is 2.63. The molecule has 3 heteroatoms. The first kappa shape index (κ1) is 10.3. The molecular weight excluding hydrogens is 192 g/mol. The fourth-order valence-electron chi connectivity index (χ4n) is 1.70. The molecule has 1 heterocycles. The second kappa shape index (κ2) is 5.03. The van der Waals surface area contributed by atoms with Crippen LogP contribution in [-0.2, 0) is 6.42 Å². The summed E-state index contributed by atoms with van der Waals surface area (Å²) in [6.07, 6.45) is 3.88. The maximum Gasteiger partial charge on any atom is 0.231 e. The molecule has 0 amide bonds. The molecule has 1 aliphatic heterocycles. The zero-order chi connectivity index (χ0) is 10.5. The number of rotatable bonds is 5. The minimum Gasteiger partial charge on any atom is -0.854 e. The highest BCUT2D eigenvalue weighted by atomic mass is 16.7. The van der Waals surface area contributed by atoms with Gasteiger partial charge in [0.05, 0.1) is 0 Å². The Kier molecular flexibility index (Phi) is 3.45. The quantitative estimate of drug-likeness (QED) is 0.687. The Balaban J connectivity index is 1.87. The molecule has 0 saturated heterocycles. The maximum absolute atomic E-state index is 10.3. The van der Waals surface area contributed by atoms with Crippen LogP contribution in [0.25, 0.3) is 0 Å². The molecule has 0 atom stereocenters. The van der Waals surface area contributed by atoms with Crippen molar-refractivity contribution < 1.29 is 14.6 Å². The van der Waals surface area contributed by atoms with Crippen molar-refractivity contribution in [2.75, 3.05) is 13.4 Å². The first-order valence-corrected chi connectivity index (χ1v) is 5.37. The standard InChI is InChI=1S/C12H15O3/c13-7-3-1-2-4-10-5-6-11-12(8-10)15-9-14-11/h5-6,8H,1-4,7,9H2/q-1. The minimum atomic E-state index is 0.0428. The molecule has 0 fully saturated rings. The molecule has 1 aromatic rings. The molecule has 0 bridgehead atoms. The fraction of sp³-hybridized carbons (Fsp3) is 0.500. The van der Waals surface area contributed by atoms with Gasteiger partial charge in [0.25, 0.3) is 0 Å². The van der Waals surface area contributed by atoms with Crippen LogP contribution in [0, 0.1) is 0 Å². The van der Waals surface area contributed by atoms with Gasteiger partial charge in [0.1, 0.15) is 0 Å². The number of fused-ring (bicyclic) bond motifs is 1. The van der Waals surface area contributed by atoms with Gasteiger partial charge >= 0.3 is 0 Å². The van der Waals surface area contributed by atoms with E-state index in [0.29, 0.717) is 6.79 Å². The minimum absolute atomic E-state index is 0.0428. The van der Waals surface area contributed by atoms with Crippen molar-refractivity contribution in [3.05, 3.63) is 23.8 Å². The van der Waals surface area contributed by atoms with Crippen molar-refractivity contribution in [2.45, 2.75) is 25.7 Å². The molecular formula is C12H15O3-. The van der Waals surface area contributed by atoms with Crippen LogP contribution in [0.4, 0.5) is 0 Å². The van der Waals surface area contributed by atoms with Crippen molar-refractivity contribution in [2.24, 2.45) is 0 Å². The molecule has 0 N–H and O–H groups in total. The number of hydrogen-bond acceptors (Lipinski definition) is 3. The van der Waals surface area contributed by atoms with Gasteiger partial charge < -0.3 is 14.6 Å². The molecule has 82 valence electrons. The van der Waals surface area contributed by atoms with Crippen molar-refractivity contribution >= 4 is 0 Å². The first-order chi connectivity index (χ1) is 7.40. The Morgan fingerprint density at radius 3 is 2.80 bits per heavy atom. The Hall–Kier alpha value is -1.22. The van der Waals surface area contributed by atoms with Crippen LogP contribution in [0.1, 0.15) is 24.8 Å². The van der Waals surface area contributed by atoms with E-state index in [1.807, 2.05) is 12.1 Å². The summed E-state index contributed by atoms with van der Waals surface area (Å²) in [5, 5.41) is 10.3. The van der Waals surface area contributed by atoms with E-state index < -0.39 is 0 Å².